The maximum absolute atomic E-state index is 13.0. The summed E-state index contributed by atoms with van der Waals surface area (Å²) in [5.41, 5.74) is 1.71. The van der Waals surface area contributed by atoms with Crippen LogP contribution in [0.25, 0.3) is 5.76 Å². The van der Waals surface area contributed by atoms with Crippen LogP contribution in [0.2, 0.25) is 0 Å². The number of carbonyl (C=O) groups excluding carboxylic acids is 2. The fourth-order valence-corrected chi connectivity index (χ4v) is 3.71. The van der Waals surface area contributed by atoms with E-state index in [-0.39, 0.29) is 24.0 Å². The zero-order valence-corrected chi connectivity index (χ0v) is 17.8. The molecule has 32 heavy (non-hydrogen) atoms. The first kappa shape index (κ1) is 21.2. The Kier molecular flexibility index (Phi) is 5.98. The van der Waals surface area contributed by atoms with Crippen LogP contribution in [0.3, 0.4) is 0 Å². The standard InChI is InChI=1S/C25H23N3O4/c1-16(2)32-20-10-8-17(9-11-20)23(29)21-22(18-6-5-12-26-14-18)28(25(31)24(21)30)15-19-7-3-4-13-27-19/h3-14,16,22,29H,15H2,1-2H3/b23-21+. The fourth-order valence-electron chi connectivity index (χ4n) is 3.71. The highest BCUT2D eigenvalue weighted by molar-refractivity contribution is 6.46. The van der Waals surface area contributed by atoms with E-state index in [2.05, 4.69) is 9.97 Å². The highest BCUT2D eigenvalue weighted by Gasteiger charge is 2.46. The SMILES string of the molecule is CC(C)Oc1ccc(/C(O)=C2\C(=O)C(=O)N(Cc3ccccn3)C2c2cccnc2)cc1. The molecule has 1 amide bonds. The van der Waals surface area contributed by atoms with Crippen molar-refractivity contribution in [2.24, 2.45) is 0 Å². The average molecular weight is 429 g/mol. The van der Waals surface area contributed by atoms with Gasteiger partial charge in [0.05, 0.1) is 30.0 Å². The number of aliphatic hydroxyl groups is 1. The van der Waals surface area contributed by atoms with Crippen molar-refractivity contribution in [3.63, 3.8) is 0 Å². The van der Waals surface area contributed by atoms with E-state index in [1.54, 1.807) is 67.1 Å². The molecule has 162 valence electrons. The van der Waals surface area contributed by atoms with Crippen molar-refractivity contribution < 1.29 is 19.4 Å². The zero-order valence-electron chi connectivity index (χ0n) is 17.8. The van der Waals surface area contributed by atoms with E-state index in [0.29, 0.717) is 22.6 Å². The number of rotatable bonds is 6. The second kappa shape index (κ2) is 9.01. The third-order valence-electron chi connectivity index (χ3n) is 5.10. The molecule has 2 aromatic heterocycles. The molecule has 1 aromatic carbocycles. The minimum absolute atomic E-state index is 0.0111. The van der Waals surface area contributed by atoms with Gasteiger partial charge in [0.2, 0.25) is 0 Å². The van der Waals surface area contributed by atoms with Crippen LogP contribution in [-0.2, 0) is 16.1 Å². The van der Waals surface area contributed by atoms with E-state index in [0.717, 1.165) is 0 Å². The molecular weight excluding hydrogens is 406 g/mol. The molecule has 7 heteroatoms. The molecule has 7 nitrogen and oxygen atoms in total. The number of hydrogen-bond donors (Lipinski definition) is 1. The molecule has 1 saturated heterocycles. The molecule has 0 bridgehead atoms. The van der Waals surface area contributed by atoms with E-state index in [4.69, 9.17) is 4.74 Å². The van der Waals surface area contributed by atoms with Crippen LogP contribution >= 0.6 is 0 Å². The molecule has 1 aliphatic heterocycles. The fraction of sp³-hybridized carbons (Fsp3) is 0.200. The van der Waals surface area contributed by atoms with E-state index >= 15 is 0 Å². The Morgan fingerprint density at radius 1 is 1.06 bits per heavy atom. The number of aliphatic hydroxyl groups excluding tert-OH is 1. The Labute approximate surface area is 186 Å². The van der Waals surface area contributed by atoms with Crippen LogP contribution in [-0.4, -0.2) is 37.8 Å². The van der Waals surface area contributed by atoms with E-state index in [1.165, 1.54) is 4.90 Å². The van der Waals surface area contributed by atoms with Crippen LogP contribution in [0, 0.1) is 0 Å². The van der Waals surface area contributed by atoms with Gasteiger partial charge >= 0.3 is 0 Å². The molecule has 1 fully saturated rings. The van der Waals surface area contributed by atoms with Gasteiger partial charge in [0, 0.05) is 24.2 Å². The predicted octanol–water partition coefficient (Wildman–Crippen LogP) is 3.89. The minimum Gasteiger partial charge on any atom is -0.507 e. The van der Waals surface area contributed by atoms with E-state index in [9.17, 15) is 14.7 Å². The number of aromatic nitrogens is 2. The Bertz CT molecular complexity index is 1140. The molecule has 3 heterocycles. The topological polar surface area (TPSA) is 92.6 Å². The van der Waals surface area contributed by atoms with Gasteiger partial charge in [0.25, 0.3) is 11.7 Å². The number of ether oxygens (including phenoxy) is 1. The van der Waals surface area contributed by atoms with Gasteiger partial charge in [-0.05, 0) is 61.9 Å². The first-order chi connectivity index (χ1) is 15.5. The molecule has 1 N–H and O–H groups in total. The van der Waals surface area contributed by atoms with Gasteiger partial charge in [0.15, 0.2) is 0 Å². The quantitative estimate of drug-likeness (QED) is 0.363. The number of pyridine rings is 2. The number of benzene rings is 1. The monoisotopic (exact) mass is 429 g/mol. The van der Waals surface area contributed by atoms with Crippen LogP contribution in [0.15, 0.2) is 78.8 Å². The smallest absolute Gasteiger partial charge is 0.296 e. The molecule has 0 radical (unpaired) electrons. The third-order valence-corrected chi connectivity index (χ3v) is 5.10. The first-order valence-electron chi connectivity index (χ1n) is 10.3. The van der Waals surface area contributed by atoms with Crippen LogP contribution < -0.4 is 4.74 Å². The second-order valence-electron chi connectivity index (χ2n) is 7.73. The van der Waals surface area contributed by atoms with Gasteiger partial charge in [-0.25, -0.2) is 0 Å². The van der Waals surface area contributed by atoms with Gasteiger partial charge < -0.3 is 14.7 Å². The van der Waals surface area contributed by atoms with Gasteiger partial charge in [-0.1, -0.05) is 12.1 Å². The number of likely N-dealkylation sites (tertiary alicyclic amines) is 1. The Morgan fingerprint density at radius 3 is 2.47 bits per heavy atom. The van der Waals surface area contributed by atoms with E-state index < -0.39 is 17.7 Å². The number of nitrogens with zero attached hydrogens (tertiary/aromatic N) is 3. The molecule has 3 aromatic rings. The molecule has 1 aliphatic rings. The molecule has 0 saturated carbocycles. The number of ketones is 1. The number of hydrogen-bond acceptors (Lipinski definition) is 6. The molecule has 1 unspecified atom stereocenters. The summed E-state index contributed by atoms with van der Waals surface area (Å²) in [5, 5.41) is 11.1. The molecule has 1 atom stereocenters. The largest absolute Gasteiger partial charge is 0.507 e. The van der Waals surface area contributed by atoms with Crippen LogP contribution in [0.4, 0.5) is 0 Å². The van der Waals surface area contributed by atoms with Crippen molar-refractivity contribution in [1.82, 2.24) is 14.9 Å². The number of carbonyl (C=O) groups is 2. The van der Waals surface area contributed by atoms with Gasteiger partial charge in [-0.2, -0.15) is 0 Å². The lowest BCUT2D eigenvalue weighted by Crippen LogP contribution is -2.29. The highest BCUT2D eigenvalue weighted by atomic mass is 16.5. The summed E-state index contributed by atoms with van der Waals surface area (Å²) < 4.78 is 5.64. The van der Waals surface area contributed by atoms with Crippen molar-refractivity contribution in [2.75, 3.05) is 0 Å². The summed E-state index contributed by atoms with van der Waals surface area (Å²) in [6.45, 7) is 3.97. The maximum Gasteiger partial charge on any atom is 0.296 e. The highest BCUT2D eigenvalue weighted by Crippen LogP contribution is 2.40. The Hall–Kier alpha value is -4.00. The molecular formula is C25H23N3O4. The van der Waals surface area contributed by atoms with E-state index in [1.807, 2.05) is 19.9 Å². The predicted molar refractivity (Wildman–Crippen MR) is 119 cm³/mol. The van der Waals surface area contributed by atoms with Crippen molar-refractivity contribution >= 4 is 17.4 Å². The lowest BCUT2D eigenvalue weighted by atomic mass is 9.96. The van der Waals surface area contributed by atoms with Gasteiger partial charge in [0.1, 0.15) is 11.5 Å². The van der Waals surface area contributed by atoms with Crippen molar-refractivity contribution in [3.05, 3.63) is 95.6 Å². The molecule has 0 spiro atoms. The van der Waals surface area contributed by atoms with Gasteiger partial charge in [-0.15, -0.1) is 0 Å². The van der Waals surface area contributed by atoms with Crippen molar-refractivity contribution in [1.29, 1.82) is 0 Å². The van der Waals surface area contributed by atoms with Crippen molar-refractivity contribution in [2.45, 2.75) is 32.5 Å². The normalized spacial score (nSPS) is 17.7. The first-order valence-corrected chi connectivity index (χ1v) is 10.3. The third kappa shape index (κ3) is 4.23. The summed E-state index contributed by atoms with van der Waals surface area (Å²) >= 11 is 0. The Morgan fingerprint density at radius 2 is 1.84 bits per heavy atom. The average Bonchev–Trinajstić information content (AvgIpc) is 3.05. The Balaban J connectivity index is 1.78. The summed E-state index contributed by atoms with van der Waals surface area (Å²) in [5.74, 6) is -1.02. The van der Waals surface area contributed by atoms with Crippen molar-refractivity contribution in [3.8, 4) is 5.75 Å². The summed E-state index contributed by atoms with van der Waals surface area (Å²) in [7, 11) is 0. The zero-order chi connectivity index (χ0) is 22.7. The van der Waals surface area contributed by atoms with Gasteiger partial charge in [-0.3, -0.25) is 19.6 Å². The summed E-state index contributed by atoms with van der Waals surface area (Å²) in [6.07, 6.45) is 4.85. The van der Waals surface area contributed by atoms with Crippen LogP contribution in [0.1, 0.15) is 36.7 Å². The number of Topliss-reactive ketones (excluding diaryl/α,β-unsaturated/α-hetero) is 1. The summed E-state index contributed by atoms with van der Waals surface area (Å²) in [6, 6.07) is 14.9. The lowest BCUT2D eigenvalue weighted by molar-refractivity contribution is -0.140. The maximum atomic E-state index is 13.0. The second-order valence-corrected chi connectivity index (χ2v) is 7.73. The van der Waals surface area contributed by atoms with Crippen LogP contribution in [0.5, 0.6) is 5.75 Å². The summed E-state index contributed by atoms with van der Waals surface area (Å²) in [4.78, 5) is 35.9. The molecule has 0 aliphatic carbocycles. The number of amides is 1. The molecule has 4 rings (SSSR count). The lowest BCUT2D eigenvalue weighted by Gasteiger charge is -2.24. The minimum atomic E-state index is -0.780.